The molecule has 1 aliphatic heterocycles. The Balaban J connectivity index is 1.28. The first-order chi connectivity index (χ1) is 11.7. The fourth-order valence-electron chi connectivity index (χ4n) is 3.83. The maximum absolute atomic E-state index is 12.3. The van der Waals surface area contributed by atoms with Crippen LogP contribution in [0.25, 0.3) is 0 Å². The monoisotopic (exact) mass is 362 g/mol. The Morgan fingerprint density at radius 2 is 2.29 bits per heavy atom. The van der Waals surface area contributed by atoms with Gasteiger partial charge in [-0.15, -0.1) is 11.3 Å². The van der Waals surface area contributed by atoms with Gasteiger partial charge in [0.25, 0.3) is 0 Å². The molecule has 7 heteroatoms. The van der Waals surface area contributed by atoms with Crippen LogP contribution in [0.5, 0.6) is 0 Å². The summed E-state index contributed by atoms with van der Waals surface area (Å²) >= 11 is 3.32. The zero-order chi connectivity index (χ0) is 16.6. The topological polar surface area (TPSA) is 48.5 Å². The first-order valence-corrected chi connectivity index (χ1v) is 10.2. The van der Waals surface area contributed by atoms with Gasteiger partial charge in [-0.1, -0.05) is 0 Å². The van der Waals surface area contributed by atoms with Gasteiger partial charge in [-0.3, -0.25) is 4.90 Å². The van der Waals surface area contributed by atoms with Crippen molar-refractivity contribution in [2.75, 3.05) is 25.5 Å². The van der Waals surface area contributed by atoms with Gasteiger partial charge in [-0.2, -0.15) is 11.3 Å². The van der Waals surface area contributed by atoms with Gasteiger partial charge in [0.2, 0.25) is 0 Å². The van der Waals surface area contributed by atoms with Crippen LogP contribution >= 0.6 is 22.7 Å². The van der Waals surface area contributed by atoms with E-state index >= 15 is 0 Å². The van der Waals surface area contributed by atoms with Crippen LogP contribution in [0, 0.1) is 5.41 Å². The molecule has 0 unspecified atom stereocenters. The van der Waals surface area contributed by atoms with Crippen molar-refractivity contribution in [3.63, 3.8) is 0 Å². The van der Waals surface area contributed by atoms with Crippen LogP contribution in [0.15, 0.2) is 28.4 Å². The molecule has 1 spiro atoms. The number of carbonyl (C=O) groups is 1. The normalized spacial score (nSPS) is 22.1. The van der Waals surface area contributed by atoms with Crippen LogP contribution in [-0.4, -0.2) is 47.0 Å². The SMILES string of the molecule is CN(Cc1nccs1)[C@@H]1CC12CCN(C(=O)Nc1ccsc1)CC2. The number of hydrogen-bond acceptors (Lipinski definition) is 5. The molecule has 1 saturated carbocycles. The maximum Gasteiger partial charge on any atom is 0.321 e. The molecule has 24 heavy (non-hydrogen) atoms. The standard InChI is InChI=1S/C17H22N4OS2/c1-20(11-15-18-5-9-24-15)14-10-17(14)3-6-21(7-4-17)16(22)19-13-2-8-23-12-13/h2,5,8-9,12,14H,3-4,6-7,10-11H2,1H3,(H,19,22)/t14-/m1/s1. The van der Waals surface area contributed by atoms with Gasteiger partial charge in [0.1, 0.15) is 5.01 Å². The van der Waals surface area contributed by atoms with Gasteiger partial charge in [0, 0.05) is 36.1 Å². The van der Waals surface area contributed by atoms with Crippen LogP contribution in [0.4, 0.5) is 10.5 Å². The lowest BCUT2D eigenvalue weighted by molar-refractivity contribution is 0.157. The molecular weight excluding hydrogens is 340 g/mol. The molecule has 4 rings (SSSR count). The minimum atomic E-state index is 0.0385. The second kappa shape index (κ2) is 6.46. The number of rotatable bonds is 4. The van der Waals surface area contributed by atoms with E-state index in [1.54, 1.807) is 22.7 Å². The van der Waals surface area contributed by atoms with E-state index in [0.29, 0.717) is 11.5 Å². The summed E-state index contributed by atoms with van der Waals surface area (Å²) in [4.78, 5) is 21.1. The first kappa shape index (κ1) is 16.1. The second-order valence-corrected chi connectivity index (χ2v) is 8.61. The number of amides is 2. The zero-order valence-electron chi connectivity index (χ0n) is 13.8. The smallest absolute Gasteiger partial charge is 0.321 e. The second-order valence-electron chi connectivity index (χ2n) is 6.85. The Bertz CT molecular complexity index is 678. The third-order valence-corrected chi connectivity index (χ3v) is 6.81. The number of hydrogen-bond donors (Lipinski definition) is 1. The molecule has 2 aromatic rings. The predicted molar refractivity (Wildman–Crippen MR) is 98.6 cm³/mol. The lowest BCUT2D eigenvalue weighted by atomic mass is 9.92. The number of carbonyl (C=O) groups excluding carboxylic acids is 1. The van der Waals surface area contributed by atoms with E-state index < -0.39 is 0 Å². The summed E-state index contributed by atoms with van der Waals surface area (Å²) in [5.74, 6) is 0. The highest BCUT2D eigenvalue weighted by molar-refractivity contribution is 7.09. The van der Waals surface area contributed by atoms with Crippen LogP contribution in [-0.2, 0) is 6.54 Å². The average molecular weight is 363 g/mol. The highest BCUT2D eigenvalue weighted by Gasteiger charge is 2.56. The molecule has 0 radical (unpaired) electrons. The third-order valence-electron chi connectivity index (χ3n) is 5.37. The number of thiophene rings is 1. The summed E-state index contributed by atoms with van der Waals surface area (Å²) in [5.41, 5.74) is 1.32. The largest absolute Gasteiger partial charge is 0.324 e. The molecule has 1 atom stereocenters. The van der Waals surface area contributed by atoms with Crippen LogP contribution in [0.1, 0.15) is 24.3 Å². The molecule has 1 N–H and O–H groups in total. The van der Waals surface area contributed by atoms with Crippen molar-refractivity contribution in [1.82, 2.24) is 14.8 Å². The summed E-state index contributed by atoms with van der Waals surface area (Å²) < 4.78 is 0. The molecule has 128 valence electrons. The molecule has 2 amide bonds. The van der Waals surface area contributed by atoms with Gasteiger partial charge in [0.05, 0.1) is 12.2 Å². The molecule has 2 fully saturated rings. The highest BCUT2D eigenvalue weighted by Crippen LogP contribution is 2.56. The van der Waals surface area contributed by atoms with Crippen LogP contribution in [0.2, 0.25) is 0 Å². The van der Waals surface area contributed by atoms with Gasteiger partial charge in [-0.25, -0.2) is 9.78 Å². The fraction of sp³-hybridized carbons (Fsp3) is 0.529. The molecule has 2 aliphatic rings. The molecule has 2 aromatic heterocycles. The van der Waals surface area contributed by atoms with Crippen molar-refractivity contribution >= 4 is 34.4 Å². The van der Waals surface area contributed by atoms with E-state index in [2.05, 4.69) is 22.2 Å². The fourth-order valence-corrected chi connectivity index (χ4v) is 5.10. The van der Waals surface area contributed by atoms with Crippen LogP contribution in [0.3, 0.4) is 0 Å². The molecule has 0 aromatic carbocycles. The zero-order valence-corrected chi connectivity index (χ0v) is 15.4. The average Bonchev–Trinajstić information content (AvgIpc) is 2.99. The highest BCUT2D eigenvalue weighted by atomic mass is 32.1. The van der Waals surface area contributed by atoms with Crippen molar-refractivity contribution in [3.8, 4) is 0 Å². The number of likely N-dealkylation sites (tertiary alicyclic amines) is 1. The minimum absolute atomic E-state index is 0.0385. The Hall–Kier alpha value is -1.44. The van der Waals surface area contributed by atoms with Crippen molar-refractivity contribution < 1.29 is 4.79 Å². The van der Waals surface area contributed by atoms with E-state index in [4.69, 9.17) is 0 Å². The van der Waals surface area contributed by atoms with E-state index in [9.17, 15) is 4.79 Å². The first-order valence-electron chi connectivity index (χ1n) is 8.33. The third kappa shape index (κ3) is 3.20. The van der Waals surface area contributed by atoms with E-state index in [0.717, 1.165) is 38.2 Å². The number of aromatic nitrogens is 1. The van der Waals surface area contributed by atoms with Gasteiger partial charge in [0.15, 0.2) is 0 Å². The molecular formula is C17H22N4OS2. The summed E-state index contributed by atoms with van der Waals surface area (Å²) in [7, 11) is 2.20. The lowest BCUT2D eigenvalue weighted by Gasteiger charge is -2.34. The van der Waals surface area contributed by atoms with E-state index in [1.165, 1.54) is 11.4 Å². The Kier molecular flexibility index (Phi) is 4.32. The van der Waals surface area contributed by atoms with E-state index in [1.807, 2.05) is 33.3 Å². The van der Waals surface area contributed by atoms with Crippen molar-refractivity contribution in [3.05, 3.63) is 33.4 Å². The minimum Gasteiger partial charge on any atom is -0.324 e. The molecule has 0 bridgehead atoms. The maximum atomic E-state index is 12.3. The van der Waals surface area contributed by atoms with Crippen molar-refractivity contribution in [2.24, 2.45) is 5.41 Å². The molecule has 1 saturated heterocycles. The van der Waals surface area contributed by atoms with Gasteiger partial charge in [-0.05, 0) is 43.2 Å². The van der Waals surface area contributed by atoms with Crippen molar-refractivity contribution in [1.29, 1.82) is 0 Å². The summed E-state index contributed by atoms with van der Waals surface area (Å²) in [6, 6.07) is 2.62. The summed E-state index contributed by atoms with van der Waals surface area (Å²) in [5, 5.41) is 10.2. The number of nitrogens with one attached hydrogen (secondary N) is 1. The molecule has 3 heterocycles. The van der Waals surface area contributed by atoms with Gasteiger partial charge < -0.3 is 10.2 Å². The Labute approximate surface area is 150 Å². The summed E-state index contributed by atoms with van der Waals surface area (Å²) in [6.45, 7) is 2.65. The van der Waals surface area contributed by atoms with E-state index in [-0.39, 0.29) is 6.03 Å². The molecule has 5 nitrogen and oxygen atoms in total. The number of piperidine rings is 1. The quantitative estimate of drug-likeness (QED) is 0.902. The Morgan fingerprint density at radius 1 is 1.46 bits per heavy atom. The number of anilines is 1. The van der Waals surface area contributed by atoms with Crippen LogP contribution < -0.4 is 5.32 Å². The number of nitrogens with zero attached hydrogens (tertiary/aromatic N) is 3. The lowest BCUT2D eigenvalue weighted by Crippen LogP contribution is -2.43. The summed E-state index contributed by atoms with van der Waals surface area (Å²) in [6.07, 6.45) is 5.35. The van der Waals surface area contributed by atoms with Crippen molar-refractivity contribution in [2.45, 2.75) is 31.8 Å². The Morgan fingerprint density at radius 3 is 2.96 bits per heavy atom. The predicted octanol–water partition coefficient (Wildman–Crippen LogP) is 3.72. The molecule has 1 aliphatic carbocycles. The number of thiazole rings is 1. The van der Waals surface area contributed by atoms with Gasteiger partial charge >= 0.3 is 6.03 Å². The number of urea groups is 1.